The zero-order valence-electron chi connectivity index (χ0n) is 19.4. The van der Waals surface area contributed by atoms with E-state index in [0.29, 0.717) is 18.4 Å². The van der Waals surface area contributed by atoms with Gasteiger partial charge in [0.1, 0.15) is 5.75 Å². The van der Waals surface area contributed by atoms with E-state index in [4.69, 9.17) is 4.74 Å². The van der Waals surface area contributed by atoms with E-state index in [9.17, 15) is 5.11 Å². The molecule has 1 heterocycles. The molecule has 0 spiro atoms. The predicted octanol–water partition coefficient (Wildman–Crippen LogP) is 4.83. The third kappa shape index (κ3) is 4.81. The average Bonchev–Trinajstić information content (AvgIpc) is 3.26. The van der Waals surface area contributed by atoms with Gasteiger partial charge in [0, 0.05) is 5.39 Å². The van der Waals surface area contributed by atoms with Crippen LogP contribution in [0.25, 0.3) is 23.1 Å². The molecule has 0 radical (unpaired) electrons. The minimum Gasteiger partial charge on any atom is -0.494 e. The fraction of sp³-hybridized carbons (Fsp3) is 0.393. The van der Waals surface area contributed by atoms with Crippen molar-refractivity contribution >= 4 is 23.1 Å². The molecule has 2 unspecified atom stereocenters. The molecule has 1 aromatic heterocycles. The molecular formula is C28H34N2O2. The van der Waals surface area contributed by atoms with E-state index in [1.165, 1.54) is 21.6 Å². The lowest BCUT2D eigenvalue weighted by molar-refractivity contribution is 0.315. The number of hydrogen-bond acceptors (Lipinski definition) is 3. The zero-order valence-corrected chi connectivity index (χ0v) is 19.4. The number of aromatic nitrogens is 2. The molecule has 0 saturated carbocycles. The molecule has 1 aliphatic rings. The fourth-order valence-electron chi connectivity index (χ4n) is 4.80. The Morgan fingerprint density at radius 1 is 1.16 bits per heavy atom. The smallest absolute Gasteiger partial charge is 0.119 e. The Morgan fingerprint density at radius 2 is 2.03 bits per heavy atom. The number of H-pyrrole nitrogens is 1. The first-order valence-corrected chi connectivity index (χ1v) is 11.8. The summed E-state index contributed by atoms with van der Waals surface area (Å²) in [5, 5.41) is 21.0. The van der Waals surface area contributed by atoms with Gasteiger partial charge < -0.3 is 9.84 Å². The van der Waals surface area contributed by atoms with Crippen molar-refractivity contribution in [3.05, 3.63) is 69.7 Å². The maximum Gasteiger partial charge on any atom is 0.119 e. The van der Waals surface area contributed by atoms with E-state index in [0.717, 1.165) is 47.9 Å². The van der Waals surface area contributed by atoms with E-state index in [-0.39, 0.29) is 6.61 Å². The van der Waals surface area contributed by atoms with Crippen molar-refractivity contribution in [1.29, 1.82) is 0 Å². The van der Waals surface area contributed by atoms with Crippen LogP contribution in [0.1, 0.15) is 57.9 Å². The Bertz CT molecular complexity index is 1220. The summed E-state index contributed by atoms with van der Waals surface area (Å²) in [6, 6.07) is 12.9. The number of allylic oxidation sites excluding steroid dienone is 1. The lowest BCUT2D eigenvalue weighted by Crippen LogP contribution is -2.27. The molecule has 1 aliphatic carbocycles. The number of hydrogen-bond donors (Lipinski definition) is 2. The van der Waals surface area contributed by atoms with Crippen LogP contribution in [0.2, 0.25) is 0 Å². The van der Waals surface area contributed by atoms with E-state index < -0.39 is 0 Å². The highest BCUT2D eigenvalue weighted by molar-refractivity contribution is 5.78. The Balaban J connectivity index is 1.67. The van der Waals surface area contributed by atoms with Crippen LogP contribution >= 0.6 is 0 Å². The summed E-state index contributed by atoms with van der Waals surface area (Å²) in [4.78, 5) is 0. The Kier molecular flexibility index (Phi) is 7.11. The Morgan fingerprint density at radius 3 is 2.81 bits per heavy atom. The average molecular weight is 431 g/mol. The van der Waals surface area contributed by atoms with Crippen LogP contribution in [0.15, 0.2) is 53.7 Å². The summed E-state index contributed by atoms with van der Waals surface area (Å²) in [5.41, 5.74) is 4.87. The van der Waals surface area contributed by atoms with Gasteiger partial charge in [-0.1, -0.05) is 38.1 Å². The van der Waals surface area contributed by atoms with Gasteiger partial charge in [0.25, 0.3) is 0 Å². The van der Waals surface area contributed by atoms with Crippen molar-refractivity contribution < 1.29 is 9.84 Å². The first kappa shape index (κ1) is 22.3. The SMILES string of the molecule is CCOc1ccc2c(c1)=CC(CCC(CC)c1ccc3[nH]ncc3c1)=C(CO)C(C)CC=2. The summed E-state index contributed by atoms with van der Waals surface area (Å²) in [6.45, 7) is 7.26. The molecule has 0 amide bonds. The highest BCUT2D eigenvalue weighted by Gasteiger charge is 2.17. The number of nitrogens with one attached hydrogen (secondary N) is 1. The standard InChI is InChI=1S/C28H34N2O2/c1-4-20(22-11-13-28-25(14-22)17-29-30-28)8-9-23-15-24-16-26(32-5-2)12-10-21(24)7-6-19(3)27(23)18-31/h7,10-17,19-20,31H,4-6,8-9,18H2,1-3H3,(H,29,30). The van der Waals surface area contributed by atoms with Crippen LogP contribution in [0.4, 0.5) is 0 Å². The van der Waals surface area contributed by atoms with Gasteiger partial charge in [-0.15, -0.1) is 0 Å². The first-order chi connectivity index (χ1) is 15.6. The van der Waals surface area contributed by atoms with Gasteiger partial charge in [-0.25, -0.2) is 0 Å². The van der Waals surface area contributed by atoms with Gasteiger partial charge in [-0.3, -0.25) is 5.10 Å². The van der Waals surface area contributed by atoms with Crippen LogP contribution in [0.3, 0.4) is 0 Å². The third-order valence-corrected chi connectivity index (χ3v) is 6.76. The minimum atomic E-state index is 0.110. The molecule has 0 fully saturated rings. The summed E-state index contributed by atoms with van der Waals surface area (Å²) in [6.07, 6.45) is 10.5. The molecule has 2 N–H and O–H groups in total. The van der Waals surface area contributed by atoms with Gasteiger partial charge in [-0.05, 0) is 95.9 Å². The van der Waals surface area contributed by atoms with Crippen LogP contribution < -0.4 is 15.2 Å². The summed E-state index contributed by atoms with van der Waals surface area (Å²) in [5.74, 6) is 1.69. The number of aliphatic hydroxyl groups excluding tert-OH is 1. The largest absolute Gasteiger partial charge is 0.494 e. The number of benzene rings is 2. The van der Waals surface area contributed by atoms with Gasteiger partial charge >= 0.3 is 0 Å². The molecule has 4 nitrogen and oxygen atoms in total. The maximum atomic E-state index is 10.2. The van der Waals surface area contributed by atoms with Crippen molar-refractivity contribution in [3.63, 3.8) is 0 Å². The van der Waals surface area contributed by atoms with E-state index in [2.05, 4.69) is 72.6 Å². The van der Waals surface area contributed by atoms with Crippen molar-refractivity contribution in [1.82, 2.24) is 10.2 Å². The number of aromatic amines is 1. The molecule has 32 heavy (non-hydrogen) atoms. The highest BCUT2D eigenvalue weighted by atomic mass is 16.5. The number of rotatable bonds is 8. The van der Waals surface area contributed by atoms with Crippen molar-refractivity contribution in [2.75, 3.05) is 13.2 Å². The second-order valence-corrected chi connectivity index (χ2v) is 8.78. The molecule has 2 aromatic carbocycles. The lowest BCUT2D eigenvalue weighted by atomic mass is 9.85. The van der Waals surface area contributed by atoms with Crippen molar-refractivity contribution in [2.45, 2.75) is 52.4 Å². The first-order valence-electron chi connectivity index (χ1n) is 11.8. The van der Waals surface area contributed by atoms with Crippen LogP contribution in [0.5, 0.6) is 5.75 Å². The Hall–Kier alpha value is -2.85. The molecule has 0 aliphatic heterocycles. The number of fused-ring (bicyclic) bond motifs is 2. The fourth-order valence-corrected chi connectivity index (χ4v) is 4.80. The second kappa shape index (κ2) is 10.2. The highest BCUT2D eigenvalue weighted by Crippen LogP contribution is 2.31. The van der Waals surface area contributed by atoms with Crippen LogP contribution in [-0.4, -0.2) is 28.5 Å². The molecule has 4 rings (SSSR count). The molecule has 4 heteroatoms. The number of aliphatic hydroxyl groups is 1. The van der Waals surface area contributed by atoms with E-state index in [1.54, 1.807) is 0 Å². The van der Waals surface area contributed by atoms with Gasteiger partial charge in [-0.2, -0.15) is 5.10 Å². The summed E-state index contributed by atoms with van der Waals surface area (Å²) in [7, 11) is 0. The second-order valence-electron chi connectivity index (χ2n) is 8.78. The minimum absolute atomic E-state index is 0.110. The number of nitrogens with zero attached hydrogens (tertiary/aromatic N) is 1. The van der Waals surface area contributed by atoms with Crippen molar-refractivity contribution in [3.8, 4) is 5.75 Å². The van der Waals surface area contributed by atoms with E-state index in [1.807, 2.05) is 13.1 Å². The Labute approximate surface area is 190 Å². The van der Waals surface area contributed by atoms with Gasteiger partial charge in [0.15, 0.2) is 0 Å². The predicted molar refractivity (Wildman–Crippen MR) is 132 cm³/mol. The molecule has 0 bridgehead atoms. The lowest BCUT2D eigenvalue weighted by Gasteiger charge is -2.21. The van der Waals surface area contributed by atoms with E-state index >= 15 is 0 Å². The normalized spacial score (nSPS) is 17.2. The molecule has 2 atom stereocenters. The maximum absolute atomic E-state index is 10.2. The third-order valence-electron chi connectivity index (χ3n) is 6.76. The quantitative estimate of drug-likeness (QED) is 0.538. The van der Waals surface area contributed by atoms with Gasteiger partial charge in [0.05, 0.1) is 24.9 Å². The molecule has 0 saturated heterocycles. The van der Waals surface area contributed by atoms with Crippen LogP contribution in [-0.2, 0) is 0 Å². The monoisotopic (exact) mass is 430 g/mol. The summed E-state index contributed by atoms with van der Waals surface area (Å²) >= 11 is 0. The molecule has 3 aromatic rings. The van der Waals surface area contributed by atoms with Crippen LogP contribution in [0, 0.1) is 5.92 Å². The summed E-state index contributed by atoms with van der Waals surface area (Å²) < 4.78 is 5.75. The number of ether oxygens (including phenoxy) is 1. The zero-order chi connectivity index (χ0) is 22.5. The van der Waals surface area contributed by atoms with Crippen molar-refractivity contribution in [2.24, 2.45) is 5.92 Å². The molecule has 168 valence electrons. The van der Waals surface area contributed by atoms with Gasteiger partial charge in [0.2, 0.25) is 0 Å². The molecular weight excluding hydrogens is 396 g/mol. The topological polar surface area (TPSA) is 58.1 Å².